The van der Waals surface area contributed by atoms with Crippen LogP contribution in [0.25, 0.3) is 16.9 Å². The van der Waals surface area contributed by atoms with Crippen molar-refractivity contribution in [2.24, 2.45) is 0 Å². The average molecular weight is 467 g/mol. The Morgan fingerprint density at radius 2 is 1.74 bits per heavy atom. The Bertz CT molecular complexity index is 1150. The molecule has 1 aromatic heterocycles. The number of benzene rings is 2. The van der Waals surface area contributed by atoms with Gasteiger partial charge in [0.05, 0.1) is 18.0 Å². The molecule has 8 nitrogen and oxygen atoms in total. The monoisotopic (exact) mass is 466 g/mol. The maximum atomic E-state index is 13.9. The van der Waals surface area contributed by atoms with Crippen molar-refractivity contribution in [1.29, 1.82) is 0 Å². The Morgan fingerprint density at radius 3 is 2.38 bits per heavy atom. The summed E-state index contributed by atoms with van der Waals surface area (Å²) in [5.74, 6) is -0.924. The fourth-order valence-electron chi connectivity index (χ4n) is 3.97. The van der Waals surface area contributed by atoms with Gasteiger partial charge in [0.2, 0.25) is 5.91 Å². The van der Waals surface area contributed by atoms with E-state index in [9.17, 15) is 14.0 Å². The van der Waals surface area contributed by atoms with Gasteiger partial charge in [-0.05, 0) is 43.3 Å². The molecule has 3 aromatic rings. The lowest BCUT2D eigenvalue weighted by Crippen LogP contribution is -2.49. The number of esters is 1. The minimum absolute atomic E-state index is 0.000475. The van der Waals surface area contributed by atoms with E-state index in [1.54, 1.807) is 29.8 Å². The molecular formula is C25H27FN4O4. The van der Waals surface area contributed by atoms with Crippen molar-refractivity contribution in [3.8, 4) is 16.9 Å². The largest absolute Gasteiger partial charge is 0.461 e. The number of halogens is 1. The summed E-state index contributed by atoms with van der Waals surface area (Å²) >= 11 is 0. The van der Waals surface area contributed by atoms with Gasteiger partial charge in [0, 0.05) is 44.5 Å². The predicted octanol–water partition coefficient (Wildman–Crippen LogP) is 3.15. The first-order valence-electron chi connectivity index (χ1n) is 11.2. The van der Waals surface area contributed by atoms with E-state index in [1.165, 1.54) is 19.2 Å². The summed E-state index contributed by atoms with van der Waals surface area (Å²) in [4.78, 5) is 28.3. The first-order chi connectivity index (χ1) is 16.5. The normalized spacial score (nSPS) is 13.7. The molecule has 2 heterocycles. The lowest BCUT2D eigenvalue weighted by molar-refractivity contribution is -0.135. The fraction of sp³-hybridized carbons (Fsp3) is 0.320. The molecule has 0 N–H and O–H groups in total. The van der Waals surface area contributed by atoms with Gasteiger partial charge in [0.1, 0.15) is 12.4 Å². The number of amides is 1. The number of carbonyl (C=O) groups excluding carboxylic acids is 2. The van der Waals surface area contributed by atoms with Gasteiger partial charge < -0.3 is 19.3 Å². The zero-order chi connectivity index (χ0) is 24.1. The minimum atomic E-state index is -0.531. The summed E-state index contributed by atoms with van der Waals surface area (Å²) in [5.41, 5.74) is 3.17. The average Bonchev–Trinajstić information content (AvgIpc) is 3.30. The molecule has 4 rings (SSSR count). The van der Waals surface area contributed by atoms with E-state index >= 15 is 0 Å². The number of methoxy groups -OCH3 is 1. The van der Waals surface area contributed by atoms with Gasteiger partial charge in [0.15, 0.2) is 5.69 Å². The molecule has 0 saturated carbocycles. The number of anilines is 1. The second-order valence-electron chi connectivity index (χ2n) is 7.87. The highest BCUT2D eigenvalue weighted by Crippen LogP contribution is 2.27. The van der Waals surface area contributed by atoms with Crippen LogP contribution in [-0.2, 0) is 14.3 Å². The second-order valence-corrected chi connectivity index (χ2v) is 7.87. The second kappa shape index (κ2) is 10.5. The summed E-state index contributed by atoms with van der Waals surface area (Å²) < 4.78 is 25.5. The first kappa shape index (κ1) is 23.4. The SMILES string of the molecule is CCOC(=O)c1cc(-c2ccc(N3CCN(C(=O)COC)CC3)cc2)n(-c2cccc(F)c2)n1. The zero-order valence-electron chi connectivity index (χ0n) is 19.2. The van der Waals surface area contributed by atoms with Crippen LogP contribution in [-0.4, -0.2) is 73.1 Å². The third-order valence-electron chi connectivity index (χ3n) is 5.68. The van der Waals surface area contributed by atoms with Gasteiger partial charge in [-0.1, -0.05) is 18.2 Å². The van der Waals surface area contributed by atoms with Crippen molar-refractivity contribution < 1.29 is 23.5 Å². The van der Waals surface area contributed by atoms with E-state index < -0.39 is 11.8 Å². The van der Waals surface area contributed by atoms with Crippen molar-refractivity contribution in [3.63, 3.8) is 0 Å². The van der Waals surface area contributed by atoms with Gasteiger partial charge in [-0.3, -0.25) is 4.79 Å². The Morgan fingerprint density at radius 1 is 1.00 bits per heavy atom. The summed E-state index contributed by atoms with van der Waals surface area (Å²) in [5, 5.41) is 4.39. The lowest BCUT2D eigenvalue weighted by atomic mass is 10.1. The molecule has 1 aliphatic rings. The molecule has 178 valence electrons. The van der Waals surface area contributed by atoms with Gasteiger partial charge in [-0.25, -0.2) is 13.9 Å². The van der Waals surface area contributed by atoms with Crippen molar-refractivity contribution in [1.82, 2.24) is 14.7 Å². The molecule has 0 unspecified atom stereocenters. The molecule has 1 fully saturated rings. The molecular weight excluding hydrogens is 439 g/mol. The van der Waals surface area contributed by atoms with Crippen LogP contribution < -0.4 is 4.90 Å². The number of hydrogen-bond acceptors (Lipinski definition) is 6. The van der Waals surface area contributed by atoms with Crippen LogP contribution >= 0.6 is 0 Å². The number of piperazine rings is 1. The van der Waals surface area contributed by atoms with Gasteiger partial charge in [0.25, 0.3) is 0 Å². The van der Waals surface area contributed by atoms with Gasteiger partial charge in [-0.15, -0.1) is 0 Å². The molecule has 0 atom stereocenters. The maximum absolute atomic E-state index is 13.9. The predicted molar refractivity (Wildman–Crippen MR) is 126 cm³/mol. The molecule has 0 bridgehead atoms. The highest BCUT2D eigenvalue weighted by atomic mass is 19.1. The number of rotatable bonds is 7. The van der Waals surface area contributed by atoms with E-state index in [4.69, 9.17) is 9.47 Å². The Hall–Kier alpha value is -3.72. The number of nitrogens with zero attached hydrogens (tertiary/aromatic N) is 4. The fourth-order valence-corrected chi connectivity index (χ4v) is 3.97. The Kier molecular flexibility index (Phi) is 7.22. The first-order valence-corrected chi connectivity index (χ1v) is 11.2. The summed E-state index contributed by atoms with van der Waals surface area (Å²) in [6, 6.07) is 15.6. The highest BCUT2D eigenvalue weighted by Gasteiger charge is 2.22. The number of carbonyl (C=O) groups is 2. The van der Waals surface area contributed by atoms with E-state index in [-0.39, 0.29) is 24.8 Å². The zero-order valence-corrected chi connectivity index (χ0v) is 19.2. The quantitative estimate of drug-likeness (QED) is 0.498. The van der Waals surface area contributed by atoms with Crippen LogP contribution in [0.3, 0.4) is 0 Å². The molecule has 1 aliphatic heterocycles. The Labute approximate surface area is 197 Å². The van der Waals surface area contributed by atoms with E-state index in [0.717, 1.165) is 24.3 Å². The molecule has 1 amide bonds. The van der Waals surface area contributed by atoms with Crippen LogP contribution in [0.5, 0.6) is 0 Å². The standard InChI is InChI=1S/C25H27FN4O4/c1-3-34-25(32)22-16-23(30(27-22)21-6-4-5-19(26)15-21)18-7-9-20(10-8-18)28-11-13-29(14-12-28)24(31)17-33-2/h4-10,15-16H,3,11-14,17H2,1-2H3. The summed E-state index contributed by atoms with van der Waals surface area (Å²) in [7, 11) is 1.52. The number of ether oxygens (including phenoxy) is 2. The molecule has 34 heavy (non-hydrogen) atoms. The van der Waals surface area contributed by atoms with Crippen LogP contribution in [0.4, 0.5) is 10.1 Å². The van der Waals surface area contributed by atoms with Gasteiger partial charge >= 0.3 is 5.97 Å². The van der Waals surface area contributed by atoms with E-state index in [2.05, 4.69) is 10.00 Å². The van der Waals surface area contributed by atoms with Crippen LogP contribution in [0.1, 0.15) is 17.4 Å². The van der Waals surface area contributed by atoms with E-state index in [0.29, 0.717) is 24.5 Å². The van der Waals surface area contributed by atoms with Gasteiger partial charge in [-0.2, -0.15) is 5.10 Å². The van der Waals surface area contributed by atoms with Crippen LogP contribution in [0.2, 0.25) is 0 Å². The van der Waals surface area contributed by atoms with E-state index in [1.807, 2.05) is 29.2 Å². The maximum Gasteiger partial charge on any atom is 0.358 e. The minimum Gasteiger partial charge on any atom is -0.461 e. The van der Waals surface area contributed by atoms with Crippen molar-refractivity contribution in [2.45, 2.75) is 6.92 Å². The molecule has 0 spiro atoms. The lowest BCUT2D eigenvalue weighted by Gasteiger charge is -2.36. The van der Waals surface area contributed by atoms with Crippen LogP contribution in [0, 0.1) is 5.82 Å². The molecule has 2 aromatic carbocycles. The number of hydrogen-bond donors (Lipinski definition) is 0. The topological polar surface area (TPSA) is 76.9 Å². The summed E-state index contributed by atoms with van der Waals surface area (Å²) in [6.07, 6.45) is 0. The van der Waals surface area contributed by atoms with Crippen molar-refractivity contribution in [2.75, 3.05) is 51.4 Å². The molecule has 0 radical (unpaired) electrons. The third kappa shape index (κ3) is 5.09. The van der Waals surface area contributed by atoms with Crippen LogP contribution in [0.15, 0.2) is 54.6 Å². The van der Waals surface area contributed by atoms with Crippen molar-refractivity contribution >= 4 is 17.6 Å². The summed E-state index contributed by atoms with van der Waals surface area (Å²) in [6.45, 7) is 4.79. The highest BCUT2D eigenvalue weighted by molar-refractivity contribution is 5.89. The Balaban J connectivity index is 1.57. The molecule has 0 aliphatic carbocycles. The third-order valence-corrected chi connectivity index (χ3v) is 5.68. The van der Waals surface area contributed by atoms with Crippen molar-refractivity contribution in [3.05, 3.63) is 66.1 Å². The molecule has 1 saturated heterocycles. The molecule has 9 heteroatoms. The smallest absolute Gasteiger partial charge is 0.358 e. The number of aromatic nitrogens is 2.